The lowest BCUT2D eigenvalue weighted by Gasteiger charge is -2.32. The number of nitrogens with one attached hydrogen (secondary N) is 1. The average Bonchev–Trinajstić information content (AvgIpc) is 2.31. The summed E-state index contributed by atoms with van der Waals surface area (Å²) in [7, 11) is 0. The standard InChI is InChI=1S/C13H24N4O/c1-10(2)13(3,9-14)16-12(18)8-17-6-4-11(15)5-7-17/h10-11H,4-8,15H2,1-3H3,(H,16,18). The summed E-state index contributed by atoms with van der Waals surface area (Å²) in [5, 5.41) is 12.0. The number of rotatable bonds is 4. The second-order valence-electron chi connectivity index (χ2n) is 5.63. The minimum atomic E-state index is -0.788. The first-order chi connectivity index (χ1) is 8.37. The van der Waals surface area contributed by atoms with E-state index < -0.39 is 5.54 Å². The van der Waals surface area contributed by atoms with E-state index in [1.165, 1.54) is 0 Å². The zero-order valence-electron chi connectivity index (χ0n) is 11.6. The Hall–Kier alpha value is -1.12. The molecule has 0 aromatic carbocycles. The number of likely N-dealkylation sites (tertiary alicyclic amines) is 1. The van der Waals surface area contributed by atoms with Crippen LogP contribution in [0, 0.1) is 17.2 Å². The summed E-state index contributed by atoms with van der Waals surface area (Å²) in [6, 6.07) is 2.45. The summed E-state index contributed by atoms with van der Waals surface area (Å²) in [6.45, 7) is 7.71. The maximum Gasteiger partial charge on any atom is 0.235 e. The van der Waals surface area contributed by atoms with Crippen molar-refractivity contribution in [3.05, 3.63) is 0 Å². The number of carbonyl (C=O) groups is 1. The molecule has 0 aromatic heterocycles. The SMILES string of the molecule is CC(C)C(C)(C#N)NC(=O)CN1CCC(N)CC1. The molecule has 1 aliphatic heterocycles. The molecule has 0 radical (unpaired) electrons. The van der Waals surface area contributed by atoms with E-state index in [-0.39, 0.29) is 17.9 Å². The number of amides is 1. The molecule has 1 saturated heterocycles. The van der Waals surface area contributed by atoms with Gasteiger partial charge in [0, 0.05) is 19.1 Å². The highest BCUT2D eigenvalue weighted by Gasteiger charge is 2.30. The number of nitriles is 1. The summed E-state index contributed by atoms with van der Waals surface area (Å²) in [4.78, 5) is 14.0. The van der Waals surface area contributed by atoms with Crippen molar-refractivity contribution < 1.29 is 4.79 Å². The monoisotopic (exact) mass is 252 g/mol. The van der Waals surface area contributed by atoms with Crippen molar-refractivity contribution in [2.45, 2.75) is 45.2 Å². The summed E-state index contributed by atoms with van der Waals surface area (Å²) in [5.41, 5.74) is 5.03. The van der Waals surface area contributed by atoms with Gasteiger partial charge in [-0.3, -0.25) is 9.69 Å². The summed E-state index contributed by atoms with van der Waals surface area (Å²) < 4.78 is 0. The second-order valence-corrected chi connectivity index (χ2v) is 5.63. The first kappa shape index (κ1) is 14.9. The highest BCUT2D eigenvalue weighted by molar-refractivity contribution is 5.79. The van der Waals surface area contributed by atoms with Gasteiger partial charge in [0.15, 0.2) is 0 Å². The summed E-state index contributed by atoms with van der Waals surface area (Å²) in [6.07, 6.45) is 1.87. The van der Waals surface area contributed by atoms with Crippen LogP contribution in [-0.2, 0) is 4.79 Å². The van der Waals surface area contributed by atoms with Crippen LogP contribution in [-0.4, -0.2) is 42.0 Å². The van der Waals surface area contributed by atoms with Crippen LogP contribution >= 0.6 is 0 Å². The van der Waals surface area contributed by atoms with Crippen LogP contribution in [0.1, 0.15) is 33.6 Å². The normalized spacial score (nSPS) is 21.3. The number of hydrogen-bond acceptors (Lipinski definition) is 4. The number of hydrogen-bond donors (Lipinski definition) is 2. The average molecular weight is 252 g/mol. The van der Waals surface area contributed by atoms with Crippen molar-refractivity contribution in [2.75, 3.05) is 19.6 Å². The van der Waals surface area contributed by atoms with E-state index in [2.05, 4.69) is 16.3 Å². The molecular weight excluding hydrogens is 228 g/mol. The molecule has 0 bridgehead atoms. The molecule has 102 valence electrons. The van der Waals surface area contributed by atoms with Crippen LogP contribution in [0.2, 0.25) is 0 Å². The fraction of sp³-hybridized carbons (Fsp3) is 0.846. The fourth-order valence-corrected chi connectivity index (χ4v) is 1.94. The van der Waals surface area contributed by atoms with Crippen LogP contribution < -0.4 is 11.1 Å². The van der Waals surface area contributed by atoms with E-state index in [0.717, 1.165) is 25.9 Å². The van der Waals surface area contributed by atoms with Gasteiger partial charge in [-0.25, -0.2) is 0 Å². The topological polar surface area (TPSA) is 82.2 Å². The lowest BCUT2D eigenvalue weighted by molar-refractivity contribution is -0.124. The number of nitrogens with zero attached hydrogens (tertiary/aromatic N) is 2. The largest absolute Gasteiger partial charge is 0.337 e. The van der Waals surface area contributed by atoms with Gasteiger partial charge in [-0.15, -0.1) is 0 Å². The molecule has 5 nitrogen and oxygen atoms in total. The number of piperidine rings is 1. The third-order valence-corrected chi connectivity index (χ3v) is 3.79. The van der Waals surface area contributed by atoms with Gasteiger partial charge < -0.3 is 11.1 Å². The van der Waals surface area contributed by atoms with Crippen molar-refractivity contribution in [3.63, 3.8) is 0 Å². The molecule has 1 unspecified atom stereocenters. The van der Waals surface area contributed by atoms with Crippen molar-refractivity contribution >= 4 is 5.91 Å². The van der Waals surface area contributed by atoms with Gasteiger partial charge in [0.2, 0.25) is 5.91 Å². The quantitative estimate of drug-likeness (QED) is 0.761. The molecule has 0 aromatic rings. The molecular formula is C13H24N4O. The maximum absolute atomic E-state index is 11.9. The molecule has 1 rings (SSSR count). The number of carbonyl (C=O) groups excluding carboxylic acids is 1. The highest BCUT2D eigenvalue weighted by Crippen LogP contribution is 2.15. The predicted octanol–water partition coefficient (Wildman–Crippen LogP) is 0.464. The van der Waals surface area contributed by atoms with Crippen LogP contribution in [0.15, 0.2) is 0 Å². The van der Waals surface area contributed by atoms with Gasteiger partial charge in [0.05, 0.1) is 12.6 Å². The molecule has 1 heterocycles. The van der Waals surface area contributed by atoms with Crippen molar-refractivity contribution in [2.24, 2.45) is 11.7 Å². The molecule has 1 amide bonds. The zero-order valence-corrected chi connectivity index (χ0v) is 11.6. The maximum atomic E-state index is 11.9. The third kappa shape index (κ3) is 3.97. The Balaban J connectivity index is 2.44. The molecule has 3 N–H and O–H groups in total. The van der Waals surface area contributed by atoms with E-state index in [4.69, 9.17) is 11.0 Å². The first-order valence-corrected chi connectivity index (χ1v) is 6.57. The summed E-state index contributed by atoms with van der Waals surface area (Å²) >= 11 is 0. The molecule has 5 heteroatoms. The molecule has 18 heavy (non-hydrogen) atoms. The molecule has 1 aliphatic rings. The van der Waals surface area contributed by atoms with Crippen LogP contribution in [0.25, 0.3) is 0 Å². The van der Waals surface area contributed by atoms with Crippen molar-refractivity contribution in [1.82, 2.24) is 10.2 Å². The van der Waals surface area contributed by atoms with Gasteiger partial charge in [-0.1, -0.05) is 13.8 Å². The van der Waals surface area contributed by atoms with Crippen molar-refractivity contribution in [3.8, 4) is 6.07 Å². The second kappa shape index (κ2) is 6.17. The van der Waals surface area contributed by atoms with E-state index in [9.17, 15) is 4.79 Å². The Bertz CT molecular complexity index is 328. The Morgan fingerprint density at radius 3 is 2.56 bits per heavy atom. The molecule has 1 fully saturated rings. The molecule has 0 saturated carbocycles. The van der Waals surface area contributed by atoms with E-state index in [1.54, 1.807) is 6.92 Å². The predicted molar refractivity (Wildman–Crippen MR) is 70.6 cm³/mol. The lowest BCUT2D eigenvalue weighted by Crippen LogP contribution is -2.53. The Labute approximate surface area is 109 Å². The van der Waals surface area contributed by atoms with E-state index in [0.29, 0.717) is 6.54 Å². The molecule has 0 aliphatic carbocycles. The summed E-state index contributed by atoms with van der Waals surface area (Å²) in [5.74, 6) is 0.00412. The van der Waals surface area contributed by atoms with Gasteiger partial charge >= 0.3 is 0 Å². The van der Waals surface area contributed by atoms with Crippen LogP contribution in [0.5, 0.6) is 0 Å². The van der Waals surface area contributed by atoms with E-state index in [1.807, 2.05) is 13.8 Å². The Morgan fingerprint density at radius 1 is 1.56 bits per heavy atom. The van der Waals surface area contributed by atoms with Crippen LogP contribution in [0.3, 0.4) is 0 Å². The Morgan fingerprint density at radius 2 is 2.11 bits per heavy atom. The van der Waals surface area contributed by atoms with Gasteiger partial charge in [0.25, 0.3) is 0 Å². The smallest absolute Gasteiger partial charge is 0.235 e. The van der Waals surface area contributed by atoms with Gasteiger partial charge in [0.1, 0.15) is 5.54 Å². The minimum Gasteiger partial charge on any atom is -0.337 e. The highest BCUT2D eigenvalue weighted by atomic mass is 16.2. The first-order valence-electron chi connectivity index (χ1n) is 6.57. The minimum absolute atomic E-state index is 0.0804. The molecule has 1 atom stereocenters. The number of nitrogens with two attached hydrogens (primary N) is 1. The zero-order chi connectivity index (χ0) is 13.8. The Kier molecular flexibility index (Phi) is 5.12. The lowest BCUT2D eigenvalue weighted by atomic mass is 9.90. The van der Waals surface area contributed by atoms with Crippen LogP contribution in [0.4, 0.5) is 0 Å². The van der Waals surface area contributed by atoms with Crippen molar-refractivity contribution in [1.29, 1.82) is 5.26 Å². The van der Waals surface area contributed by atoms with Gasteiger partial charge in [-0.2, -0.15) is 5.26 Å². The third-order valence-electron chi connectivity index (χ3n) is 3.79. The fourth-order valence-electron chi connectivity index (χ4n) is 1.94. The van der Waals surface area contributed by atoms with Gasteiger partial charge in [-0.05, 0) is 25.7 Å². The molecule has 0 spiro atoms. The van der Waals surface area contributed by atoms with E-state index >= 15 is 0 Å².